The molecule has 1 aromatic carbocycles. The minimum Gasteiger partial charge on any atom is -0.295 e. The van der Waals surface area contributed by atoms with Crippen molar-refractivity contribution >= 4 is 0 Å². The SMILES string of the molecule is CCCn1[nH]c(-c2ccccc2C)c(CC(C)C)c1=O. The number of rotatable bonds is 5. The van der Waals surface area contributed by atoms with Crippen molar-refractivity contribution in [2.75, 3.05) is 0 Å². The molecule has 0 saturated heterocycles. The van der Waals surface area contributed by atoms with Crippen LogP contribution in [0, 0.1) is 12.8 Å². The van der Waals surface area contributed by atoms with Crippen LogP contribution in [-0.2, 0) is 13.0 Å². The van der Waals surface area contributed by atoms with Crippen LogP contribution in [0.5, 0.6) is 0 Å². The molecule has 0 aliphatic rings. The van der Waals surface area contributed by atoms with Crippen LogP contribution in [-0.4, -0.2) is 9.78 Å². The highest BCUT2D eigenvalue weighted by Gasteiger charge is 2.17. The highest BCUT2D eigenvalue weighted by molar-refractivity contribution is 5.66. The summed E-state index contributed by atoms with van der Waals surface area (Å²) in [6.07, 6.45) is 1.77. The Labute approximate surface area is 120 Å². The topological polar surface area (TPSA) is 37.8 Å². The molecule has 2 aromatic rings. The minimum absolute atomic E-state index is 0.138. The van der Waals surface area contributed by atoms with Crippen molar-refractivity contribution in [3.8, 4) is 11.3 Å². The van der Waals surface area contributed by atoms with Crippen molar-refractivity contribution in [2.24, 2.45) is 5.92 Å². The molecule has 108 valence electrons. The summed E-state index contributed by atoms with van der Waals surface area (Å²) in [5, 5.41) is 3.32. The second-order valence-electron chi connectivity index (χ2n) is 5.84. The minimum atomic E-state index is 0.138. The quantitative estimate of drug-likeness (QED) is 0.884. The summed E-state index contributed by atoms with van der Waals surface area (Å²) >= 11 is 0. The Kier molecular flexibility index (Phi) is 4.48. The Morgan fingerprint density at radius 1 is 1.25 bits per heavy atom. The smallest absolute Gasteiger partial charge is 0.270 e. The van der Waals surface area contributed by atoms with Crippen LogP contribution in [0.4, 0.5) is 0 Å². The molecule has 1 heterocycles. The van der Waals surface area contributed by atoms with E-state index in [1.807, 2.05) is 12.1 Å². The molecular weight excluding hydrogens is 248 g/mol. The first-order chi connectivity index (χ1) is 9.54. The first kappa shape index (κ1) is 14.6. The van der Waals surface area contributed by atoms with Gasteiger partial charge in [0.2, 0.25) is 0 Å². The summed E-state index contributed by atoms with van der Waals surface area (Å²) in [4.78, 5) is 12.5. The Morgan fingerprint density at radius 3 is 2.55 bits per heavy atom. The third-order valence-corrected chi connectivity index (χ3v) is 3.53. The number of benzene rings is 1. The van der Waals surface area contributed by atoms with Gasteiger partial charge in [-0.25, -0.2) is 0 Å². The molecule has 3 nitrogen and oxygen atoms in total. The van der Waals surface area contributed by atoms with E-state index in [1.54, 1.807) is 4.68 Å². The molecule has 20 heavy (non-hydrogen) atoms. The van der Waals surface area contributed by atoms with E-state index < -0.39 is 0 Å². The first-order valence-electron chi connectivity index (χ1n) is 7.42. The lowest BCUT2D eigenvalue weighted by molar-refractivity contribution is 0.581. The lowest BCUT2D eigenvalue weighted by atomic mass is 9.97. The largest absolute Gasteiger partial charge is 0.295 e. The fourth-order valence-electron chi connectivity index (χ4n) is 2.58. The lowest BCUT2D eigenvalue weighted by Gasteiger charge is -2.07. The monoisotopic (exact) mass is 272 g/mol. The Morgan fingerprint density at radius 2 is 1.95 bits per heavy atom. The summed E-state index contributed by atoms with van der Waals surface area (Å²) in [6, 6.07) is 8.23. The van der Waals surface area contributed by atoms with Crippen molar-refractivity contribution in [2.45, 2.75) is 47.1 Å². The molecule has 0 fully saturated rings. The van der Waals surface area contributed by atoms with Gasteiger partial charge in [-0.1, -0.05) is 45.0 Å². The molecule has 0 unspecified atom stereocenters. The van der Waals surface area contributed by atoms with Crippen molar-refractivity contribution in [1.29, 1.82) is 0 Å². The van der Waals surface area contributed by atoms with Gasteiger partial charge in [-0.05, 0) is 31.2 Å². The number of hydrogen-bond acceptors (Lipinski definition) is 1. The standard InChI is InChI=1S/C17H24N2O/c1-5-10-19-17(20)15(11-12(2)3)16(18-19)14-9-7-6-8-13(14)4/h6-9,12,18H,5,10-11H2,1-4H3. The van der Waals surface area contributed by atoms with Crippen molar-refractivity contribution < 1.29 is 0 Å². The van der Waals surface area contributed by atoms with Crippen LogP contribution in [0.2, 0.25) is 0 Å². The highest BCUT2D eigenvalue weighted by atomic mass is 16.1. The molecular formula is C17H24N2O. The predicted octanol–water partition coefficient (Wildman–Crippen LogP) is 3.76. The third-order valence-electron chi connectivity index (χ3n) is 3.53. The van der Waals surface area contributed by atoms with Gasteiger partial charge < -0.3 is 0 Å². The zero-order valence-corrected chi connectivity index (χ0v) is 12.9. The maximum Gasteiger partial charge on any atom is 0.270 e. The van der Waals surface area contributed by atoms with E-state index in [4.69, 9.17) is 0 Å². The first-order valence-corrected chi connectivity index (χ1v) is 7.42. The molecule has 0 amide bonds. The molecule has 2 rings (SSSR count). The predicted molar refractivity (Wildman–Crippen MR) is 84.1 cm³/mol. The summed E-state index contributed by atoms with van der Waals surface area (Å²) in [5.41, 5.74) is 4.38. The van der Waals surface area contributed by atoms with Gasteiger partial charge in [0.1, 0.15) is 0 Å². The number of nitrogens with zero attached hydrogens (tertiary/aromatic N) is 1. The third kappa shape index (κ3) is 2.87. The summed E-state index contributed by atoms with van der Waals surface area (Å²) in [7, 11) is 0. The summed E-state index contributed by atoms with van der Waals surface area (Å²) < 4.78 is 1.75. The fraction of sp³-hybridized carbons (Fsp3) is 0.471. The van der Waals surface area contributed by atoms with Gasteiger partial charge in [-0.15, -0.1) is 0 Å². The molecule has 0 aliphatic carbocycles. The van der Waals surface area contributed by atoms with Crippen molar-refractivity contribution in [3.05, 3.63) is 45.7 Å². The highest BCUT2D eigenvalue weighted by Crippen LogP contribution is 2.24. The Bertz CT molecular complexity index is 635. The van der Waals surface area contributed by atoms with Crippen LogP contribution in [0.1, 0.15) is 38.3 Å². The molecule has 0 atom stereocenters. The van der Waals surface area contributed by atoms with Crippen LogP contribution >= 0.6 is 0 Å². The Balaban J connectivity index is 2.59. The molecule has 3 heteroatoms. The van der Waals surface area contributed by atoms with E-state index in [0.29, 0.717) is 5.92 Å². The van der Waals surface area contributed by atoms with Crippen LogP contribution in [0.25, 0.3) is 11.3 Å². The van der Waals surface area contributed by atoms with E-state index >= 15 is 0 Å². The number of nitrogens with one attached hydrogen (secondary N) is 1. The maximum atomic E-state index is 12.5. The average molecular weight is 272 g/mol. The zero-order chi connectivity index (χ0) is 14.7. The molecule has 0 bridgehead atoms. The lowest BCUT2D eigenvalue weighted by Crippen LogP contribution is -2.19. The molecule has 1 N–H and O–H groups in total. The summed E-state index contributed by atoms with van der Waals surface area (Å²) in [6.45, 7) is 9.22. The van der Waals surface area contributed by atoms with Crippen LogP contribution in [0.3, 0.4) is 0 Å². The van der Waals surface area contributed by atoms with Crippen molar-refractivity contribution in [1.82, 2.24) is 9.78 Å². The van der Waals surface area contributed by atoms with Gasteiger partial charge in [0.05, 0.1) is 5.69 Å². The van der Waals surface area contributed by atoms with Gasteiger partial charge in [0.15, 0.2) is 0 Å². The van der Waals surface area contributed by atoms with Crippen LogP contribution in [0.15, 0.2) is 29.1 Å². The molecule has 0 spiro atoms. The van der Waals surface area contributed by atoms with Gasteiger partial charge in [-0.3, -0.25) is 14.6 Å². The Hall–Kier alpha value is -1.77. The van der Waals surface area contributed by atoms with E-state index in [1.165, 1.54) is 5.56 Å². The number of aryl methyl sites for hydroxylation is 2. The second-order valence-corrected chi connectivity index (χ2v) is 5.84. The van der Waals surface area contributed by atoms with Gasteiger partial charge in [0.25, 0.3) is 5.56 Å². The fourth-order valence-corrected chi connectivity index (χ4v) is 2.58. The summed E-state index contributed by atoms with van der Waals surface area (Å²) in [5.74, 6) is 0.469. The van der Waals surface area contributed by atoms with Gasteiger partial charge in [0, 0.05) is 17.7 Å². The normalized spacial score (nSPS) is 11.2. The maximum absolute atomic E-state index is 12.5. The molecule has 0 saturated carbocycles. The zero-order valence-electron chi connectivity index (χ0n) is 12.9. The number of hydrogen-bond donors (Lipinski definition) is 1. The molecule has 0 radical (unpaired) electrons. The van der Waals surface area contributed by atoms with Gasteiger partial charge in [-0.2, -0.15) is 0 Å². The number of aromatic nitrogens is 2. The van der Waals surface area contributed by atoms with E-state index in [9.17, 15) is 4.79 Å². The van der Waals surface area contributed by atoms with Crippen molar-refractivity contribution in [3.63, 3.8) is 0 Å². The van der Waals surface area contributed by atoms with E-state index in [-0.39, 0.29) is 5.56 Å². The molecule has 0 aliphatic heterocycles. The number of aromatic amines is 1. The number of H-pyrrole nitrogens is 1. The average Bonchev–Trinajstić information content (AvgIpc) is 2.68. The van der Waals surface area contributed by atoms with E-state index in [0.717, 1.165) is 36.2 Å². The van der Waals surface area contributed by atoms with Gasteiger partial charge >= 0.3 is 0 Å². The van der Waals surface area contributed by atoms with E-state index in [2.05, 4.69) is 44.9 Å². The van der Waals surface area contributed by atoms with Crippen LogP contribution < -0.4 is 5.56 Å². The second kappa shape index (κ2) is 6.12. The molecule has 1 aromatic heterocycles.